The van der Waals surface area contributed by atoms with Crippen molar-refractivity contribution in [2.75, 3.05) is 5.73 Å². The van der Waals surface area contributed by atoms with E-state index < -0.39 is 0 Å². The van der Waals surface area contributed by atoms with E-state index in [0.29, 0.717) is 0 Å². The molecule has 140 valence electrons. The van der Waals surface area contributed by atoms with Crippen LogP contribution in [0.2, 0.25) is 0 Å². The molecule has 0 aliphatic carbocycles. The number of carbonyl (C=O) groups excluding carboxylic acids is 1. The number of aryl methyl sites for hydroxylation is 2. The van der Waals surface area contributed by atoms with Gasteiger partial charge in [0.15, 0.2) is 0 Å². The van der Waals surface area contributed by atoms with Crippen molar-refractivity contribution in [2.45, 2.75) is 48.0 Å². The van der Waals surface area contributed by atoms with Crippen molar-refractivity contribution in [2.24, 2.45) is 0 Å². The number of anilines is 1. The molecule has 0 atom stereocenters. The number of hydrogen-bond donors (Lipinski definition) is 1. The lowest BCUT2D eigenvalue weighted by Crippen LogP contribution is -1.95. The van der Waals surface area contributed by atoms with Crippen LogP contribution in [0.1, 0.15) is 49.9 Å². The van der Waals surface area contributed by atoms with Gasteiger partial charge in [0, 0.05) is 5.69 Å². The van der Waals surface area contributed by atoms with Crippen molar-refractivity contribution in [3.63, 3.8) is 0 Å². The number of rotatable bonds is 4. The minimum Gasteiger partial charge on any atom is -0.399 e. The Labute approximate surface area is 159 Å². The van der Waals surface area contributed by atoms with Crippen LogP contribution < -0.4 is 5.73 Å². The number of nitrogen functional groups attached to an aromatic ring is 1. The Morgan fingerprint density at radius 2 is 1.58 bits per heavy atom. The molecule has 26 heavy (non-hydrogen) atoms. The second-order valence-electron chi connectivity index (χ2n) is 6.07. The summed E-state index contributed by atoms with van der Waals surface area (Å²) in [6, 6.07) is 14.6. The van der Waals surface area contributed by atoms with Crippen LogP contribution in [0.3, 0.4) is 0 Å². The first-order chi connectivity index (χ1) is 12.3. The van der Waals surface area contributed by atoms with E-state index in [4.69, 9.17) is 5.73 Å². The molecule has 0 bridgehead atoms. The summed E-state index contributed by atoms with van der Waals surface area (Å²) in [7, 11) is 0. The Morgan fingerprint density at radius 3 is 2.04 bits per heavy atom. The van der Waals surface area contributed by atoms with Crippen LogP contribution in [0.25, 0.3) is 5.57 Å². The molecular formula is C24H33NO. The van der Waals surface area contributed by atoms with Crippen molar-refractivity contribution in [1.29, 1.82) is 0 Å². The van der Waals surface area contributed by atoms with Crippen LogP contribution in [0.4, 0.5) is 5.69 Å². The Balaban J connectivity index is 0.000000920. The lowest BCUT2D eigenvalue weighted by Gasteiger charge is -2.12. The van der Waals surface area contributed by atoms with Gasteiger partial charge in [0.25, 0.3) is 0 Å². The fraction of sp³-hybridized carbons (Fsp3) is 0.292. The summed E-state index contributed by atoms with van der Waals surface area (Å²) in [6.45, 7) is 15.2. The van der Waals surface area contributed by atoms with Gasteiger partial charge in [-0.3, -0.25) is 0 Å². The topological polar surface area (TPSA) is 43.1 Å². The van der Waals surface area contributed by atoms with Gasteiger partial charge in [-0.1, -0.05) is 68.5 Å². The van der Waals surface area contributed by atoms with E-state index in [1.807, 2.05) is 32.1 Å². The molecule has 2 nitrogen and oxygen atoms in total. The highest BCUT2D eigenvalue weighted by Gasteiger charge is 2.06. The van der Waals surface area contributed by atoms with Gasteiger partial charge in [-0.25, -0.2) is 0 Å². The molecule has 2 aromatic rings. The average Bonchev–Trinajstić information content (AvgIpc) is 2.58. The molecule has 0 aromatic heterocycles. The van der Waals surface area contributed by atoms with Crippen molar-refractivity contribution in [3.8, 4) is 0 Å². The van der Waals surface area contributed by atoms with Crippen LogP contribution in [0.15, 0.2) is 61.2 Å². The van der Waals surface area contributed by atoms with Gasteiger partial charge in [-0.2, -0.15) is 0 Å². The van der Waals surface area contributed by atoms with E-state index in [0.717, 1.165) is 12.1 Å². The van der Waals surface area contributed by atoms with Crippen LogP contribution in [0.5, 0.6) is 0 Å². The molecule has 0 radical (unpaired) electrons. The third-order valence-electron chi connectivity index (χ3n) is 3.42. The summed E-state index contributed by atoms with van der Waals surface area (Å²) in [6.07, 6.45) is 4.83. The molecule has 0 fully saturated rings. The first-order valence-electron chi connectivity index (χ1n) is 9.04. The normalized spacial score (nSPS) is 10.0. The zero-order valence-corrected chi connectivity index (χ0v) is 17.1. The fourth-order valence-corrected chi connectivity index (χ4v) is 2.42. The SMILES string of the molecule is C=C/C=C(/Cc1ccc(N)cc1)c1ccc(C)cc1C.CC.CC(C)=O. The molecule has 0 amide bonds. The molecule has 0 saturated heterocycles. The second-order valence-corrected chi connectivity index (χ2v) is 6.07. The summed E-state index contributed by atoms with van der Waals surface area (Å²) in [5.74, 6) is 0.167. The lowest BCUT2D eigenvalue weighted by atomic mass is 9.93. The number of nitrogens with two attached hydrogens (primary N) is 1. The fourth-order valence-electron chi connectivity index (χ4n) is 2.42. The van der Waals surface area contributed by atoms with Gasteiger partial charge in [-0.15, -0.1) is 0 Å². The van der Waals surface area contributed by atoms with Crippen LogP contribution in [0, 0.1) is 13.8 Å². The maximum atomic E-state index is 9.44. The summed E-state index contributed by atoms with van der Waals surface area (Å²) in [5.41, 5.74) is 12.9. The summed E-state index contributed by atoms with van der Waals surface area (Å²) in [5, 5.41) is 0. The van der Waals surface area contributed by atoms with E-state index in [2.05, 4.69) is 56.8 Å². The van der Waals surface area contributed by atoms with Gasteiger partial charge in [0.1, 0.15) is 5.78 Å². The first kappa shape index (κ1) is 23.4. The van der Waals surface area contributed by atoms with Gasteiger partial charge < -0.3 is 10.5 Å². The minimum atomic E-state index is 0.167. The van der Waals surface area contributed by atoms with Crippen LogP contribution >= 0.6 is 0 Å². The zero-order valence-electron chi connectivity index (χ0n) is 17.1. The monoisotopic (exact) mass is 351 g/mol. The smallest absolute Gasteiger partial charge is 0.126 e. The lowest BCUT2D eigenvalue weighted by molar-refractivity contribution is -0.114. The Morgan fingerprint density at radius 1 is 1.04 bits per heavy atom. The maximum absolute atomic E-state index is 9.44. The Hall–Kier alpha value is -2.61. The van der Waals surface area contributed by atoms with E-state index in [1.165, 1.54) is 41.7 Å². The van der Waals surface area contributed by atoms with Gasteiger partial charge in [0.2, 0.25) is 0 Å². The predicted octanol–water partition coefficient (Wildman–Crippen LogP) is 6.32. The number of allylic oxidation sites excluding steroid dienone is 3. The van der Waals surface area contributed by atoms with Gasteiger partial charge in [-0.05, 0) is 68.5 Å². The third kappa shape index (κ3) is 9.03. The quantitative estimate of drug-likeness (QED) is 0.517. The highest BCUT2D eigenvalue weighted by Crippen LogP contribution is 2.24. The summed E-state index contributed by atoms with van der Waals surface area (Å²) >= 11 is 0. The Bertz CT molecular complexity index is 720. The summed E-state index contributed by atoms with van der Waals surface area (Å²) < 4.78 is 0. The van der Waals surface area contributed by atoms with Crippen molar-refractivity contribution in [1.82, 2.24) is 0 Å². The standard InChI is InChI=1S/C19H21N.C3H6O.C2H6/c1-4-5-17(13-16-7-9-18(20)10-8-16)19-11-6-14(2)12-15(19)3;1-3(2)4;1-2/h4-12H,1,13,20H2,2-3H3;1-2H3;1-2H3/b17-5-;;. The second kappa shape index (κ2) is 12.7. The highest BCUT2D eigenvalue weighted by atomic mass is 16.1. The maximum Gasteiger partial charge on any atom is 0.126 e. The zero-order chi connectivity index (χ0) is 20.1. The third-order valence-corrected chi connectivity index (χ3v) is 3.42. The molecule has 0 aliphatic rings. The molecule has 2 aromatic carbocycles. The first-order valence-corrected chi connectivity index (χ1v) is 9.04. The van der Waals surface area contributed by atoms with Crippen LogP contribution in [-0.4, -0.2) is 5.78 Å². The summed E-state index contributed by atoms with van der Waals surface area (Å²) in [4.78, 5) is 9.44. The number of Topliss-reactive ketones (excluding diaryl/α,β-unsaturated/α-hetero) is 1. The van der Waals surface area contributed by atoms with E-state index in [9.17, 15) is 4.79 Å². The number of carbonyl (C=O) groups is 1. The largest absolute Gasteiger partial charge is 0.399 e. The van der Waals surface area contributed by atoms with Crippen molar-refractivity contribution >= 4 is 17.0 Å². The highest BCUT2D eigenvalue weighted by molar-refractivity contribution is 5.72. The predicted molar refractivity (Wildman–Crippen MR) is 116 cm³/mol. The minimum absolute atomic E-state index is 0.167. The van der Waals surface area contributed by atoms with Crippen molar-refractivity contribution in [3.05, 3.63) is 83.4 Å². The average molecular weight is 352 g/mol. The molecule has 2 heteroatoms. The van der Waals surface area contributed by atoms with Crippen LogP contribution in [-0.2, 0) is 11.2 Å². The number of benzene rings is 2. The van der Waals surface area contributed by atoms with E-state index in [-0.39, 0.29) is 5.78 Å². The van der Waals surface area contributed by atoms with Crippen molar-refractivity contribution < 1.29 is 4.79 Å². The van der Waals surface area contributed by atoms with E-state index >= 15 is 0 Å². The van der Waals surface area contributed by atoms with Gasteiger partial charge >= 0.3 is 0 Å². The molecule has 0 heterocycles. The molecule has 0 aliphatic heterocycles. The Kier molecular flexibility index (Phi) is 11.4. The molecule has 0 spiro atoms. The molecule has 0 unspecified atom stereocenters. The molecule has 2 N–H and O–H groups in total. The van der Waals surface area contributed by atoms with Gasteiger partial charge in [0.05, 0.1) is 0 Å². The molecular weight excluding hydrogens is 318 g/mol. The molecule has 2 rings (SSSR count). The number of hydrogen-bond acceptors (Lipinski definition) is 2. The number of ketones is 1. The molecule has 0 saturated carbocycles. The van der Waals surface area contributed by atoms with E-state index in [1.54, 1.807) is 0 Å².